The second kappa shape index (κ2) is 10.3. The van der Waals surface area contributed by atoms with E-state index in [0.717, 1.165) is 5.56 Å². The summed E-state index contributed by atoms with van der Waals surface area (Å²) in [6, 6.07) is 15.5. The van der Waals surface area contributed by atoms with Crippen LogP contribution in [0.5, 0.6) is 5.75 Å². The van der Waals surface area contributed by atoms with Crippen molar-refractivity contribution in [2.24, 2.45) is 0 Å². The number of pyridine rings is 1. The van der Waals surface area contributed by atoms with Gasteiger partial charge in [0.2, 0.25) is 5.89 Å². The molecule has 0 bridgehead atoms. The average Bonchev–Trinajstić information content (AvgIpc) is 3.32. The number of methoxy groups -OCH3 is 1. The van der Waals surface area contributed by atoms with Crippen molar-refractivity contribution in [1.29, 1.82) is 0 Å². The molecule has 0 atom stereocenters. The van der Waals surface area contributed by atoms with Crippen LogP contribution in [-0.4, -0.2) is 35.3 Å². The molecule has 0 aliphatic carbocycles. The number of anilines is 2. The summed E-state index contributed by atoms with van der Waals surface area (Å²) >= 11 is 0. The van der Waals surface area contributed by atoms with Crippen LogP contribution in [0.25, 0.3) is 11.1 Å². The molecule has 4 rings (SSSR count). The van der Waals surface area contributed by atoms with Crippen molar-refractivity contribution < 1.29 is 27.5 Å². The number of aryl methyl sites for hydroxylation is 1. The van der Waals surface area contributed by atoms with Crippen molar-refractivity contribution in [3.63, 3.8) is 0 Å². The fourth-order valence-corrected chi connectivity index (χ4v) is 3.43. The number of hydrogen-bond acceptors (Lipinski definition) is 8. The summed E-state index contributed by atoms with van der Waals surface area (Å²) in [5.41, 5.74) is 1.69. The maximum absolute atomic E-state index is 13.5. The predicted octanol–water partition coefficient (Wildman–Crippen LogP) is 5.51. The van der Waals surface area contributed by atoms with E-state index in [4.69, 9.17) is 13.9 Å². The molecule has 0 saturated carbocycles. The summed E-state index contributed by atoms with van der Waals surface area (Å²) in [7, 11) is 3.10. The zero-order valence-electron chi connectivity index (χ0n) is 19.2. The quantitative estimate of drug-likeness (QED) is 0.305. The molecular formula is C25H22F2N4O4. The van der Waals surface area contributed by atoms with E-state index in [0.29, 0.717) is 17.1 Å². The minimum atomic E-state index is -2.81. The van der Waals surface area contributed by atoms with Gasteiger partial charge in [-0.2, -0.15) is 0 Å². The molecule has 8 nitrogen and oxygen atoms in total. The molecule has 0 fully saturated rings. The molecule has 0 saturated heterocycles. The topological polar surface area (TPSA) is 90.6 Å². The van der Waals surface area contributed by atoms with Gasteiger partial charge in [-0.15, -0.1) is 5.10 Å². The smallest absolute Gasteiger partial charge is 0.339 e. The number of esters is 1. The van der Waals surface area contributed by atoms with Crippen LogP contribution in [0.3, 0.4) is 0 Å². The Balaban J connectivity index is 1.79. The summed E-state index contributed by atoms with van der Waals surface area (Å²) in [5.74, 6) is -0.0188. The molecule has 35 heavy (non-hydrogen) atoms. The van der Waals surface area contributed by atoms with Crippen LogP contribution in [0, 0.1) is 6.92 Å². The Kier molecular flexibility index (Phi) is 7.00. The molecule has 2 aromatic carbocycles. The van der Waals surface area contributed by atoms with Crippen LogP contribution in [0.1, 0.15) is 33.9 Å². The number of hydrogen-bond donors (Lipinski definition) is 0. The standard InChI is InChI=1S/C25H22F2N4O4/c1-15-29-30-25(35-15)31(2)17-9-10-18(24(32)34-14-16-7-5-4-6-8-16)19(11-17)20-12-21(23(26)27)28-13-22(20)33-3/h4-13,23H,14H2,1-3H3. The Morgan fingerprint density at radius 1 is 1.09 bits per heavy atom. The Bertz CT molecular complexity index is 1330. The lowest BCUT2D eigenvalue weighted by atomic mass is 9.98. The normalized spacial score (nSPS) is 10.9. The average molecular weight is 480 g/mol. The van der Waals surface area contributed by atoms with E-state index in [2.05, 4.69) is 15.2 Å². The molecule has 0 spiro atoms. The molecular weight excluding hydrogens is 458 g/mol. The predicted molar refractivity (Wildman–Crippen MR) is 124 cm³/mol. The van der Waals surface area contributed by atoms with Crippen LogP contribution in [0.15, 0.2) is 65.2 Å². The zero-order chi connectivity index (χ0) is 24.9. The molecule has 0 aliphatic heterocycles. The highest BCUT2D eigenvalue weighted by Crippen LogP contribution is 2.37. The van der Waals surface area contributed by atoms with E-state index in [-0.39, 0.29) is 29.5 Å². The Labute approximate surface area is 200 Å². The van der Waals surface area contributed by atoms with E-state index >= 15 is 0 Å². The first kappa shape index (κ1) is 23.8. The molecule has 0 unspecified atom stereocenters. The van der Waals surface area contributed by atoms with Crippen LogP contribution in [-0.2, 0) is 11.3 Å². The van der Waals surface area contributed by atoms with Crippen molar-refractivity contribution in [2.45, 2.75) is 20.0 Å². The van der Waals surface area contributed by atoms with Crippen LogP contribution >= 0.6 is 0 Å². The van der Waals surface area contributed by atoms with E-state index in [1.807, 2.05) is 30.3 Å². The van der Waals surface area contributed by atoms with Crippen LogP contribution in [0.4, 0.5) is 20.5 Å². The van der Waals surface area contributed by atoms with Gasteiger partial charge in [0.15, 0.2) is 0 Å². The first-order valence-corrected chi connectivity index (χ1v) is 10.6. The Morgan fingerprint density at radius 3 is 2.51 bits per heavy atom. The van der Waals surface area contributed by atoms with Crippen molar-refractivity contribution in [2.75, 3.05) is 19.1 Å². The summed E-state index contributed by atoms with van der Waals surface area (Å²) < 4.78 is 43.3. The molecule has 2 aromatic heterocycles. The molecule has 4 aromatic rings. The van der Waals surface area contributed by atoms with Crippen molar-refractivity contribution in [3.8, 4) is 16.9 Å². The fraction of sp³-hybridized carbons (Fsp3) is 0.200. The lowest BCUT2D eigenvalue weighted by molar-refractivity contribution is 0.0473. The number of nitrogens with zero attached hydrogens (tertiary/aromatic N) is 4. The zero-order valence-corrected chi connectivity index (χ0v) is 19.2. The third-order valence-electron chi connectivity index (χ3n) is 5.25. The Morgan fingerprint density at radius 2 is 1.86 bits per heavy atom. The summed E-state index contributed by atoms with van der Waals surface area (Å²) in [6.07, 6.45) is -1.60. The highest BCUT2D eigenvalue weighted by atomic mass is 19.3. The molecule has 0 radical (unpaired) electrons. The van der Waals surface area contributed by atoms with Gasteiger partial charge in [0.1, 0.15) is 18.1 Å². The van der Waals surface area contributed by atoms with Gasteiger partial charge in [0.25, 0.3) is 6.43 Å². The van der Waals surface area contributed by atoms with Crippen LogP contribution < -0.4 is 9.64 Å². The van der Waals surface area contributed by atoms with Crippen molar-refractivity contribution >= 4 is 17.7 Å². The molecule has 180 valence electrons. The van der Waals surface area contributed by atoms with E-state index in [9.17, 15) is 13.6 Å². The monoisotopic (exact) mass is 480 g/mol. The minimum Gasteiger partial charge on any atom is -0.494 e. The van der Waals surface area contributed by atoms with Crippen LogP contribution in [0.2, 0.25) is 0 Å². The fourth-order valence-electron chi connectivity index (χ4n) is 3.43. The number of alkyl halides is 2. The maximum Gasteiger partial charge on any atom is 0.339 e. The number of halogens is 2. The number of carbonyl (C=O) groups excluding carboxylic acids is 1. The third kappa shape index (κ3) is 5.26. The van der Waals surface area contributed by atoms with E-state index < -0.39 is 18.1 Å². The summed E-state index contributed by atoms with van der Waals surface area (Å²) in [6.45, 7) is 1.72. The third-order valence-corrected chi connectivity index (χ3v) is 5.25. The lowest BCUT2D eigenvalue weighted by Crippen LogP contribution is -2.12. The second-order valence-electron chi connectivity index (χ2n) is 7.56. The molecule has 0 N–H and O–H groups in total. The number of benzene rings is 2. The van der Waals surface area contributed by atoms with Crippen molar-refractivity contribution in [3.05, 3.63) is 83.5 Å². The molecule has 10 heteroatoms. The van der Waals surface area contributed by atoms with Gasteiger partial charge in [0, 0.05) is 30.8 Å². The summed E-state index contributed by atoms with van der Waals surface area (Å²) in [4.78, 5) is 18.5. The number of carbonyl (C=O) groups is 1. The van der Waals surface area contributed by atoms with E-state index in [1.165, 1.54) is 19.4 Å². The first-order chi connectivity index (χ1) is 16.9. The van der Waals surface area contributed by atoms with Gasteiger partial charge in [-0.05, 0) is 29.8 Å². The summed E-state index contributed by atoms with van der Waals surface area (Å²) in [5, 5.41) is 7.83. The number of aromatic nitrogens is 3. The van der Waals surface area contributed by atoms with Gasteiger partial charge in [-0.1, -0.05) is 35.4 Å². The number of ether oxygens (including phenoxy) is 2. The Hall–Kier alpha value is -4.34. The first-order valence-electron chi connectivity index (χ1n) is 10.6. The molecule has 2 heterocycles. The van der Waals surface area contributed by atoms with Gasteiger partial charge < -0.3 is 13.9 Å². The van der Waals surface area contributed by atoms with Crippen molar-refractivity contribution in [1.82, 2.24) is 15.2 Å². The highest BCUT2D eigenvalue weighted by molar-refractivity contribution is 5.99. The van der Waals surface area contributed by atoms with Gasteiger partial charge >= 0.3 is 12.0 Å². The number of rotatable bonds is 8. The highest BCUT2D eigenvalue weighted by Gasteiger charge is 2.22. The molecule has 0 amide bonds. The SMILES string of the molecule is COc1cnc(C(F)F)cc1-c1cc(N(C)c2nnc(C)o2)ccc1C(=O)OCc1ccccc1. The minimum absolute atomic E-state index is 0.0534. The van der Waals surface area contributed by atoms with Gasteiger partial charge in [-0.3, -0.25) is 9.88 Å². The molecule has 0 aliphatic rings. The largest absolute Gasteiger partial charge is 0.494 e. The second-order valence-corrected chi connectivity index (χ2v) is 7.56. The van der Waals surface area contributed by atoms with Gasteiger partial charge in [0.05, 0.1) is 18.9 Å². The van der Waals surface area contributed by atoms with Gasteiger partial charge in [-0.25, -0.2) is 13.6 Å². The lowest BCUT2D eigenvalue weighted by Gasteiger charge is -2.19. The maximum atomic E-state index is 13.5. The van der Waals surface area contributed by atoms with E-state index in [1.54, 1.807) is 37.1 Å².